The van der Waals surface area contributed by atoms with Crippen LogP contribution in [0.1, 0.15) is 45.1 Å². The lowest BCUT2D eigenvalue weighted by Crippen LogP contribution is -2.44. The third kappa shape index (κ3) is 2.81. The molecule has 4 nitrogen and oxygen atoms in total. The van der Waals surface area contributed by atoms with E-state index < -0.39 is 5.41 Å². The molecule has 0 aromatic heterocycles. The van der Waals surface area contributed by atoms with E-state index in [-0.39, 0.29) is 22.9 Å². The maximum Gasteiger partial charge on any atom is 0.191 e. The van der Waals surface area contributed by atoms with Crippen LogP contribution in [0.2, 0.25) is 0 Å². The molecule has 0 unspecified atom stereocenters. The summed E-state index contributed by atoms with van der Waals surface area (Å²) in [6.07, 6.45) is 3.82. The highest BCUT2D eigenvalue weighted by Gasteiger charge is 2.54. The van der Waals surface area contributed by atoms with E-state index in [1.165, 1.54) is 0 Å². The Morgan fingerprint density at radius 1 is 1.07 bits per heavy atom. The summed E-state index contributed by atoms with van der Waals surface area (Å²) in [5.41, 5.74) is 7.13. The molecule has 2 N–H and O–H groups in total. The number of nitrogens with two attached hydrogens (primary N) is 1. The normalized spacial score (nSPS) is 26.8. The Hall–Kier alpha value is -3.03. The van der Waals surface area contributed by atoms with E-state index in [4.69, 9.17) is 5.73 Å². The topological polar surface area (TPSA) is 97.4 Å². The number of fused-ring (bicyclic) bond motifs is 1. The zero-order valence-electron chi connectivity index (χ0n) is 16.0. The summed E-state index contributed by atoms with van der Waals surface area (Å²) in [5, 5.41) is 29.9. The van der Waals surface area contributed by atoms with Gasteiger partial charge < -0.3 is 5.73 Å². The van der Waals surface area contributed by atoms with Crippen LogP contribution in [0.4, 0.5) is 0 Å². The van der Waals surface area contributed by atoms with E-state index in [2.05, 4.69) is 45.1 Å². The van der Waals surface area contributed by atoms with Gasteiger partial charge in [-0.15, -0.1) is 0 Å². The molecule has 4 heteroatoms. The number of nitriles is 3. The van der Waals surface area contributed by atoms with Gasteiger partial charge in [0.15, 0.2) is 5.41 Å². The standard InChI is InChI=1S/C23H24N4/c1-22(2,3)16-9-10-17-18(11-16)20(15-7-5-4-6-8-15)23(13-25,14-26)21(27)19(17)12-24/h4-8,10,16,18,20H,9,11,27H2,1-3H3/t16-,18-,20+/m1/s1. The van der Waals surface area contributed by atoms with E-state index in [0.717, 1.165) is 24.0 Å². The second-order valence-corrected chi connectivity index (χ2v) is 8.62. The SMILES string of the molecule is CC(C)(C)[C@@H]1CC=C2C(C#N)=C(N)C(C#N)(C#N)[C@@H](c3ccccc3)[C@@H]2C1. The Morgan fingerprint density at radius 3 is 2.22 bits per heavy atom. The predicted octanol–water partition coefficient (Wildman–Crippen LogP) is 4.55. The minimum absolute atomic E-state index is 0.0772. The first-order chi connectivity index (χ1) is 12.8. The fraction of sp³-hybridized carbons (Fsp3) is 0.435. The van der Waals surface area contributed by atoms with Gasteiger partial charge in [0.25, 0.3) is 0 Å². The quantitative estimate of drug-likeness (QED) is 0.798. The molecule has 0 saturated heterocycles. The molecule has 3 rings (SSSR count). The number of benzene rings is 1. The van der Waals surface area contributed by atoms with Crippen LogP contribution in [0.25, 0.3) is 0 Å². The van der Waals surface area contributed by atoms with Gasteiger partial charge in [-0.3, -0.25) is 0 Å². The summed E-state index contributed by atoms with van der Waals surface area (Å²) in [7, 11) is 0. The van der Waals surface area contributed by atoms with Crippen molar-refractivity contribution in [3.63, 3.8) is 0 Å². The van der Waals surface area contributed by atoms with Gasteiger partial charge in [-0.05, 0) is 41.2 Å². The van der Waals surface area contributed by atoms with E-state index in [9.17, 15) is 15.8 Å². The van der Waals surface area contributed by atoms with Gasteiger partial charge >= 0.3 is 0 Å². The maximum absolute atomic E-state index is 10.1. The monoisotopic (exact) mass is 356 g/mol. The molecule has 0 radical (unpaired) electrons. The van der Waals surface area contributed by atoms with Crippen LogP contribution in [-0.2, 0) is 0 Å². The first-order valence-corrected chi connectivity index (χ1v) is 9.28. The molecule has 2 aliphatic carbocycles. The molecule has 136 valence electrons. The molecule has 0 saturated carbocycles. The fourth-order valence-corrected chi connectivity index (χ4v) is 4.63. The van der Waals surface area contributed by atoms with Crippen LogP contribution in [0.15, 0.2) is 53.3 Å². The van der Waals surface area contributed by atoms with E-state index in [0.29, 0.717) is 11.5 Å². The molecule has 0 bridgehead atoms. The minimum Gasteiger partial charge on any atom is -0.399 e. The van der Waals surface area contributed by atoms with E-state index in [1.54, 1.807) is 0 Å². The summed E-state index contributed by atoms with van der Waals surface area (Å²) in [6, 6.07) is 16.2. The highest BCUT2D eigenvalue weighted by molar-refractivity contribution is 5.59. The van der Waals surface area contributed by atoms with Crippen LogP contribution in [0.5, 0.6) is 0 Å². The highest BCUT2D eigenvalue weighted by Crippen LogP contribution is 2.57. The third-order valence-corrected chi connectivity index (χ3v) is 6.26. The lowest BCUT2D eigenvalue weighted by Gasteiger charge is -2.47. The molecule has 0 heterocycles. The first-order valence-electron chi connectivity index (χ1n) is 9.28. The molecule has 27 heavy (non-hydrogen) atoms. The molecular weight excluding hydrogens is 332 g/mol. The minimum atomic E-state index is -1.53. The molecule has 1 aromatic rings. The zero-order valence-corrected chi connectivity index (χ0v) is 16.0. The Kier molecular flexibility index (Phi) is 4.59. The Bertz CT molecular complexity index is 912. The molecule has 0 spiro atoms. The number of hydrogen-bond acceptors (Lipinski definition) is 4. The average Bonchev–Trinajstić information content (AvgIpc) is 2.67. The third-order valence-electron chi connectivity index (χ3n) is 6.26. The molecule has 1 aromatic carbocycles. The number of allylic oxidation sites excluding steroid dienone is 4. The van der Waals surface area contributed by atoms with Crippen LogP contribution < -0.4 is 5.73 Å². The van der Waals surface area contributed by atoms with Crippen LogP contribution >= 0.6 is 0 Å². The second kappa shape index (κ2) is 6.61. The summed E-state index contributed by atoms with van der Waals surface area (Å²) < 4.78 is 0. The van der Waals surface area contributed by atoms with Gasteiger partial charge in [-0.2, -0.15) is 15.8 Å². The van der Waals surface area contributed by atoms with Gasteiger partial charge in [0, 0.05) is 5.92 Å². The van der Waals surface area contributed by atoms with Crippen molar-refractivity contribution in [2.75, 3.05) is 0 Å². The molecule has 0 fully saturated rings. The van der Waals surface area contributed by atoms with Gasteiger partial charge in [0.2, 0.25) is 0 Å². The Balaban J connectivity index is 2.29. The van der Waals surface area contributed by atoms with E-state index >= 15 is 0 Å². The highest BCUT2D eigenvalue weighted by atomic mass is 14.7. The van der Waals surface area contributed by atoms with Crippen molar-refractivity contribution in [2.24, 2.45) is 28.4 Å². The summed E-state index contributed by atoms with van der Waals surface area (Å²) in [4.78, 5) is 0. The lowest BCUT2D eigenvalue weighted by atomic mass is 9.54. The van der Waals surface area contributed by atoms with Crippen molar-refractivity contribution in [2.45, 2.75) is 39.5 Å². The summed E-state index contributed by atoms with van der Waals surface area (Å²) >= 11 is 0. The van der Waals surface area contributed by atoms with Crippen molar-refractivity contribution in [1.82, 2.24) is 0 Å². The van der Waals surface area contributed by atoms with Crippen LogP contribution in [0.3, 0.4) is 0 Å². The Labute approximate surface area is 161 Å². The predicted molar refractivity (Wildman–Crippen MR) is 103 cm³/mol. The molecular formula is C23H24N4. The summed E-state index contributed by atoms with van der Waals surface area (Å²) in [6.45, 7) is 6.65. The van der Waals surface area contributed by atoms with Crippen molar-refractivity contribution >= 4 is 0 Å². The van der Waals surface area contributed by atoms with E-state index in [1.807, 2.05) is 30.3 Å². The molecule has 0 aliphatic heterocycles. The van der Waals surface area contributed by atoms with Crippen molar-refractivity contribution < 1.29 is 0 Å². The van der Waals surface area contributed by atoms with Gasteiger partial charge in [-0.25, -0.2) is 0 Å². The Morgan fingerprint density at radius 2 is 1.70 bits per heavy atom. The number of rotatable bonds is 1. The van der Waals surface area contributed by atoms with Crippen LogP contribution in [-0.4, -0.2) is 0 Å². The van der Waals surface area contributed by atoms with Crippen molar-refractivity contribution in [3.8, 4) is 18.2 Å². The van der Waals surface area contributed by atoms with Crippen molar-refractivity contribution in [3.05, 3.63) is 58.8 Å². The first kappa shape index (κ1) is 18.8. The van der Waals surface area contributed by atoms with Gasteiger partial charge in [0.1, 0.15) is 6.07 Å². The van der Waals surface area contributed by atoms with Gasteiger partial charge in [-0.1, -0.05) is 57.2 Å². The molecule has 2 aliphatic rings. The summed E-state index contributed by atoms with van der Waals surface area (Å²) in [5.74, 6) is -0.0550. The zero-order chi connectivity index (χ0) is 19.8. The fourth-order valence-electron chi connectivity index (χ4n) is 4.63. The molecule has 0 amide bonds. The second-order valence-electron chi connectivity index (χ2n) is 8.62. The average molecular weight is 356 g/mol. The molecule has 3 atom stereocenters. The largest absolute Gasteiger partial charge is 0.399 e. The lowest BCUT2D eigenvalue weighted by molar-refractivity contribution is 0.170. The van der Waals surface area contributed by atoms with Crippen molar-refractivity contribution in [1.29, 1.82) is 15.8 Å². The van der Waals surface area contributed by atoms with Gasteiger partial charge in [0.05, 0.1) is 23.4 Å². The number of hydrogen-bond donors (Lipinski definition) is 1. The number of nitrogens with zero attached hydrogens (tertiary/aromatic N) is 3. The smallest absolute Gasteiger partial charge is 0.191 e. The van der Waals surface area contributed by atoms with Crippen LogP contribution in [0, 0.1) is 56.7 Å². The maximum atomic E-state index is 10.1.